The van der Waals surface area contributed by atoms with Crippen LogP contribution in [0.2, 0.25) is 0 Å². The fraction of sp³-hybridized carbons (Fsp3) is 0.350. The minimum atomic E-state index is -0.00576. The van der Waals surface area contributed by atoms with Gasteiger partial charge in [-0.25, -0.2) is 0 Å². The van der Waals surface area contributed by atoms with Crippen LogP contribution in [0.25, 0.3) is 0 Å². The number of amides is 1. The maximum Gasteiger partial charge on any atom is 0.224 e. The molecule has 0 aliphatic carbocycles. The molecule has 0 spiro atoms. The van der Waals surface area contributed by atoms with Gasteiger partial charge in [0, 0.05) is 18.8 Å². The summed E-state index contributed by atoms with van der Waals surface area (Å²) in [5.74, 6) is 0.851. The average molecular weight is 341 g/mol. The molecule has 0 bridgehead atoms. The highest BCUT2D eigenvalue weighted by Gasteiger charge is 2.04. The Kier molecular flexibility index (Phi) is 7.29. The molecule has 1 amide bonds. The van der Waals surface area contributed by atoms with Crippen molar-refractivity contribution in [1.29, 1.82) is 0 Å². The number of nitrogens with zero attached hydrogens (tertiary/aromatic N) is 1. The smallest absolute Gasteiger partial charge is 0.224 e. The van der Waals surface area contributed by atoms with Crippen LogP contribution in [0.1, 0.15) is 17.5 Å². The third kappa shape index (κ3) is 7.27. The van der Waals surface area contributed by atoms with Crippen LogP contribution in [-0.4, -0.2) is 38.1 Å². The van der Waals surface area contributed by atoms with Gasteiger partial charge in [-0.15, -0.1) is 0 Å². The molecule has 0 atom stereocenters. The standard InChI is InChI=1S/C20H27N3O2/c1-23(2)12-3-13-25-19-10-6-17(7-11-19)15-22-20(24)14-16-4-8-18(21)9-5-16/h4-11H,3,12-15,21H2,1-2H3,(H,22,24). The highest BCUT2D eigenvalue weighted by Crippen LogP contribution is 2.12. The summed E-state index contributed by atoms with van der Waals surface area (Å²) in [6.07, 6.45) is 1.35. The van der Waals surface area contributed by atoms with Crippen molar-refractivity contribution in [2.75, 3.05) is 33.0 Å². The van der Waals surface area contributed by atoms with E-state index in [2.05, 4.69) is 24.3 Å². The second-order valence-electron chi connectivity index (χ2n) is 6.34. The first-order valence-corrected chi connectivity index (χ1v) is 8.50. The molecule has 5 heteroatoms. The molecule has 0 heterocycles. The number of hydrogen-bond acceptors (Lipinski definition) is 4. The third-order valence-corrected chi connectivity index (χ3v) is 3.78. The summed E-state index contributed by atoms with van der Waals surface area (Å²) in [5, 5.41) is 2.93. The van der Waals surface area contributed by atoms with Gasteiger partial charge >= 0.3 is 0 Å². The van der Waals surface area contributed by atoms with Gasteiger partial charge in [0.25, 0.3) is 0 Å². The molecule has 0 aliphatic rings. The Bertz CT molecular complexity index is 652. The average Bonchev–Trinajstić information content (AvgIpc) is 2.60. The Morgan fingerprint density at radius 1 is 1.04 bits per heavy atom. The lowest BCUT2D eigenvalue weighted by Crippen LogP contribution is -2.24. The molecule has 0 radical (unpaired) electrons. The number of rotatable bonds is 9. The van der Waals surface area contributed by atoms with Gasteiger partial charge in [-0.2, -0.15) is 0 Å². The topological polar surface area (TPSA) is 67.6 Å². The molecule has 0 saturated heterocycles. The maximum atomic E-state index is 12.0. The Morgan fingerprint density at radius 2 is 1.68 bits per heavy atom. The Balaban J connectivity index is 1.71. The maximum absolute atomic E-state index is 12.0. The molecule has 0 saturated carbocycles. The monoisotopic (exact) mass is 341 g/mol. The van der Waals surface area contributed by atoms with Gasteiger partial charge in [0.1, 0.15) is 5.75 Å². The fourth-order valence-corrected chi connectivity index (χ4v) is 2.36. The van der Waals surface area contributed by atoms with Crippen LogP contribution in [0.4, 0.5) is 5.69 Å². The minimum absolute atomic E-state index is 0.00576. The first-order valence-electron chi connectivity index (χ1n) is 8.50. The summed E-state index contributed by atoms with van der Waals surface area (Å²) >= 11 is 0. The molecule has 134 valence electrons. The van der Waals surface area contributed by atoms with Crippen molar-refractivity contribution in [2.45, 2.75) is 19.4 Å². The number of nitrogens with two attached hydrogens (primary N) is 1. The van der Waals surface area contributed by atoms with Gasteiger partial charge in [0.15, 0.2) is 0 Å². The normalized spacial score (nSPS) is 10.7. The van der Waals surface area contributed by atoms with E-state index in [0.29, 0.717) is 25.3 Å². The summed E-state index contributed by atoms with van der Waals surface area (Å²) in [7, 11) is 4.10. The van der Waals surface area contributed by atoms with Gasteiger partial charge < -0.3 is 20.7 Å². The molecular formula is C20H27N3O2. The van der Waals surface area contributed by atoms with Crippen LogP contribution in [-0.2, 0) is 17.8 Å². The van der Waals surface area contributed by atoms with Crippen molar-refractivity contribution in [3.8, 4) is 5.75 Å². The Labute approximate surface area is 149 Å². The van der Waals surface area contributed by atoms with Crippen LogP contribution >= 0.6 is 0 Å². The molecule has 2 aromatic rings. The molecule has 2 rings (SSSR count). The van der Waals surface area contributed by atoms with E-state index in [-0.39, 0.29) is 5.91 Å². The first-order chi connectivity index (χ1) is 12.0. The highest BCUT2D eigenvalue weighted by atomic mass is 16.5. The number of nitrogens with one attached hydrogen (secondary N) is 1. The molecule has 0 aliphatic heterocycles. The van der Waals surface area contributed by atoms with Gasteiger partial charge in [0.2, 0.25) is 5.91 Å². The van der Waals surface area contributed by atoms with Gasteiger partial charge in [-0.05, 0) is 55.9 Å². The molecule has 2 aromatic carbocycles. The highest BCUT2D eigenvalue weighted by molar-refractivity contribution is 5.78. The zero-order chi connectivity index (χ0) is 18.1. The van der Waals surface area contributed by atoms with E-state index in [1.54, 1.807) is 12.1 Å². The van der Waals surface area contributed by atoms with E-state index in [9.17, 15) is 4.79 Å². The second-order valence-corrected chi connectivity index (χ2v) is 6.34. The van der Waals surface area contributed by atoms with E-state index in [4.69, 9.17) is 10.5 Å². The van der Waals surface area contributed by atoms with Crippen molar-refractivity contribution in [1.82, 2.24) is 10.2 Å². The number of benzene rings is 2. The summed E-state index contributed by atoms with van der Waals surface area (Å²) in [6.45, 7) is 2.22. The minimum Gasteiger partial charge on any atom is -0.494 e. The number of nitrogen functional groups attached to an aromatic ring is 1. The summed E-state index contributed by atoms with van der Waals surface area (Å²) < 4.78 is 5.70. The lowest BCUT2D eigenvalue weighted by Gasteiger charge is -2.11. The van der Waals surface area contributed by atoms with Gasteiger partial charge in [-0.1, -0.05) is 24.3 Å². The van der Waals surface area contributed by atoms with Crippen molar-refractivity contribution in [2.24, 2.45) is 0 Å². The van der Waals surface area contributed by atoms with Crippen LogP contribution < -0.4 is 15.8 Å². The zero-order valence-electron chi connectivity index (χ0n) is 15.0. The van der Waals surface area contributed by atoms with Crippen LogP contribution in [0, 0.1) is 0 Å². The van der Waals surface area contributed by atoms with E-state index in [1.165, 1.54) is 0 Å². The van der Waals surface area contributed by atoms with Gasteiger partial charge in [0.05, 0.1) is 13.0 Å². The zero-order valence-corrected chi connectivity index (χ0v) is 15.0. The lowest BCUT2D eigenvalue weighted by molar-refractivity contribution is -0.120. The predicted octanol–water partition coefficient (Wildman–Crippen LogP) is 2.46. The number of carbonyl (C=O) groups is 1. The SMILES string of the molecule is CN(C)CCCOc1ccc(CNC(=O)Cc2ccc(N)cc2)cc1. The first kappa shape index (κ1) is 18.8. The van der Waals surface area contributed by atoms with Crippen LogP contribution in [0.15, 0.2) is 48.5 Å². The van der Waals surface area contributed by atoms with E-state index < -0.39 is 0 Å². The van der Waals surface area contributed by atoms with Crippen molar-refractivity contribution in [3.05, 3.63) is 59.7 Å². The van der Waals surface area contributed by atoms with Crippen molar-refractivity contribution in [3.63, 3.8) is 0 Å². The predicted molar refractivity (Wildman–Crippen MR) is 102 cm³/mol. The van der Waals surface area contributed by atoms with Crippen molar-refractivity contribution < 1.29 is 9.53 Å². The molecule has 0 fully saturated rings. The van der Waals surface area contributed by atoms with E-state index in [0.717, 1.165) is 29.8 Å². The number of anilines is 1. The second kappa shape index (κ2) is 9.69. The molecule has 5 nitrogen and oxygen atoms in total. The number of ether oxygens (including phenoxy) is 1. The number of hydrogen-bond donors (Lipinski definition) is 2. The van der Waals surface area contributed by atoms with E-state index in [1.807, 2.05) is 36.4 Å². The quantitative estimate of drug-likeness (QED) is 0.543. The third-order valence-electron chi connectivity index (χ3n) is 3.78. The summed E-state index contributed by atoms with van der Waals surface area (Å²) in [6, 6.07) is 15.2. The fourth-order valence-electron chi connectivity index (χ4n) is 2.36. The Morgan fingerprint density at radius 3 is 2.32 bits per heavy atom. The van der Waals surface area contributed by atoms with Crippen LogP contribution in [0.3, 0.4) is 0 Å². The summed E-state index contributed by atoms with van der Waals surface area (Å²) in [5.41, 5.74) is 8.34. The number of carbonyl (C=O) groups excluding carboxylic acids is 1. The molecule has 0 unspecified atom stereocenters. The largest absolute Gasteiger partial charge is 0.494 e. The molecule has 0 aromatic heterocycles. The molecule has 25 heavy (non-hydrogen) atoms. The lowest BCUT2D eigenvalue weighted by atomic mass is 10.1. The van der Waals surface area contributed by atoms with Gasteiger partial charge in [-0.3, -0.25) is 4.79 Å². The van der Waals surface area contributed by atoms with Crippen LogP contribution in [0.5, 0.6) is 5.75 Å². The molecular weight excluding hydrogens is 314 g/mol. The Hall–Kier alpha value is -2.53. The van der Waals surface area contributed by atoms with Crippen molar-refractivity contribution >= 4 is 11.6 Å². The molecule has 3 N–H and O–H groups in total. The summed E-state index contributed by atoms with van der Waals surface area (Å²) in [4.78, 5) is 14.1. The van der Waals surface area contributed by atoms with E-state index >= 15 is 0 Å².